The number of carbonyl (C=O) groups excluding carboxylic acids is 1. The van der Waals surface area contributed by atoms with Gasteiger partial charge in [-0.05, 0) is 41.0 Å². The number of likely N-dealkylation sites (tertiary alicyclic amines) is 1. The van der Waals surface area contributed by atoms with Crippen LogP contribution in [0.3, 0.4) is 0 Å². The highest BCUT2D eigenvalue weighted by Gasteiger charge is 2.59. The van der Waals surface area contributed by atoms with Gasteiger partial charge in [0.25, 0.3) is 0 Å². The first-order valence-electron chi connectivity index (χ1n) is 10.0. The van der Waals surface area contributed by atoms with Gasteiger partial charge in [0.1, 0.15) is 6.61 Å². The maximum Gasteiger partial charge on any atom is 0.409 e. The monoisotopic (exact) mass is 395 g/mol. The summed E-state index contributed by atoms with van der Waals surface area (Å²) in [5, 5.41) is 9.39. The Kier molecular flexibility index (Phi) is 4.12. The summed E-state index contributed by atoms with van der Waals surface area (Å²) >= 11 is 0. The number of hydrogen-bond acceptors (Lipinski definition) is 3. The van der Waals surface area contributed by atoms with E-state index in [1.807, 2.05) is 36.4 Å². The molecule has 2 aromatic rings. The molecule has 0 radical (unpaired) electrons. The average Bonchev–Trinajstić information content (AvgIpc) is 3.43. The molecule has 0 bridgehead atoms. The molecule has 2 unspecified atom stereocenters. The number of amides is 1. The standard InChI is InChI=1S/C23H22FNO4/c24-23(21(26)27)13-25(11-20(23)14-9-10-14)22(28)29-12-19-17-7-3-1-5-15(17)16-6-2-4-8-18(16)19/h1-8,14,19-20H,9-13H2,(H,26,27). The molecule has 6 heteroatoms. The van der Waals surface area contributed by atoms with E-state index in [0.29, 0.717) is 0 Å². The third kappa shape index (κ3) is 2.89. The molecule has 2 atom stereocenters. The predicted octanol–water partition coefficient (Wildman–Crippen LogP) is 4.07. The minimum absolute atomic E-state index is 0.0440. The Morgan fingerprint density at radius 2 is 1.66 bits per heavy atom. The molecule has 0 aromatic heterocycles. The van der Waals surface area contributed by atoms with Crippen LogP contribution in [0.5, 0.6) is 0 Å². The summed E-state index contributed by atoms with van der Waals surface area (Å²) in [6.45, 7) is -0.200. The molecule has 1 heterocycles. The number of halogens is 1. The maximum atomic E-state index is 15.1. The van der Waals surface area contributed by atoms with Gasteiger partial charge < -0.3 is 14.7 Å². The molecule has 3 aliphatic rings. The van der Waals surface area contributed by atoms with Crippen LogP contribution in [0.1, 0.15) is 29.9 Å². The van der Waals surface area contributed by atoms with Gasteiger partial charge in [0.15, 0.2) is 0 Å². The van der Waals surface area contributed by atoms with Crippen molar-refractivity contribution < 1.29 is 23.8 Å². The van der Waals surface area contributed by atoms with Crippen molar-refractivity contribution >= 4 is 12.1 Å². The summed E-state index contributed by atoms with van der Waals surface area (Å²) in [4.78, 5) is 25.4. The number of carboxylic acid groups (broad SMARTS) is 1. The molecule has 5 nitrogen and oxygen atoms in total. The second-order valence-electron chi connectivity index (χ2n) is 8.30. The van der Waals surface area contributed by atoms with Gasteiger partial charge in [-0.25, -0.2) is 14.0 Å². The van der Waals surface area contributed by atoms with E-state index in [9.17, 15) is 14.7 Å². The van der Waals surface area contributed by atoms with E-state index < -0.39 is 30.2 Å². The van der Waals surface area contributed by atoms with Crippen LogP contribution in [0.25, 0.3) is 11.1 Å². The van der Waals surface area contributed by atoms with Crippen molar-refractivity contribution in [2.24, 2.45) is 11.8 Å². The lowest BCUT2D eigenvalue weighted by Gasteiger charge is -2.20. The first-order valence-corrected chi connectivity index (χ1v) is 10.0. The van der Waals surface area contributed by atoms with Gasteiger partial charge >= 0.3 is 12.1 Å². The highest BCUT2D eigenvalue weighted by atomic mass is 19.1. The summed E-state index contributed by atoms with van der Waals surface area (Å²) in [5.41, 5.74) is 2.08. The molecular formula is C23H22FNO4. The smallest absolute Gasteiger partial charge is 0.409 e. The Morgan fingerprint density at radius 1 is 1.07 bits per heavy atom. The van der Waals surface area contributed by atoms with Crippen molar-refractivity contribution in [3.63, 3.8) is 0 Å². The topological polar surface area (TPSA) is 66.8 Å². The van der Waals surface area contributed by atoms with E-state index in [4.69, 9.17) is 4.74 Å². The normalized spacial score (nSPS) is 25.6. The largest absolute Gasteiger partial charge is 0.479 e. The van der Waals surface area contributed by atoms with Crippen LogP contribution in [0.4, 0.5) is 9.18 Å². The lowest BCUT2D eigenvalue weighted by atomic mass is 9.89. The van der Waals surface area contributed by atoms with Gasteiger partial charge in [-0.3, -0.25) is 0 Å². The predicted molar refractivity (Wildman–Crippen MR) is 104 cm³/mol. The zero-order valence-electron chi connectivity index (χ0n) is 15.9. The van der Waals surface area contributed by atoms with E-state index in [1.165, 1.54) is 4.90 Å². The molecule has 1 saturated heterocycles. The number of hydrogen-bond donors (Lipinski definition) is 1. The fourth-order valence-electron chi connectivity index (χ4n) is 4.91. The van der Waals surface area contributed by atoms with Crippen LogP contribution in [0.15, 0.2) is 48.5 Å². The molecule has 1 N–H and O–H groups in total. The van der Waals surface area contributed by atoms with Crippen LogP contribution in [0.2, 0.25) is 0 Å². The highest BCUT2D eigenvalue weighted by Crippen LogP contribution is 2.48. The Hall–Kier alpha value is -2.89. The van der Waals surface area contributed by atoms with Crippen molar-refractivity contribution in [2.45, 2.75) is 24.4 Å². The average molecular weight is 395 g/mol. The first kappa shape index (κ1) is 18.2. The van der Waals surface area contributed by atoms with Gasteiger partial charge in [0.05, 0.1) is 6.54 Å². The van der Waals surface area contributed by atoms with E-state index in [0.717, 1.165) is 35.1 Å². The highest BCUT2D eigenvalue weighted by molar-refractivity contribution is 5.81. The van der Waals surface area contributed by atoms with Crippen LogP contribution in [0, 0.1) is 11.8 Å². The van der Waals surface area contributed by atoms with Gasteiger partial charge in [-0.1, -0.05) is 48.5 Å². The number of alkyl halides is 1. The number of carboxylic acids is 1. The molecule has 1 saturated carbocycles. The van der Waals surface area contributed by atoms with E-state index in [1.54, 1.807) is 0 Å². The number of fused-ring (bicyclic) bond motifs is 3. The summed E-state index contributed by atoms with van der Waals surface area (Å²) in [7, 11) is 0. The van der Waals surface area contributed by atoms with Gasteiger partial charge in [-0.15, -0.1) is 0 Å². The molecule has 2 aliphatic carbocycles. The number of carbonyl (C=O) groups is 2. The molecule has 2 fully saturated rings. The zero-order chi connectivity index (χ0) is 20.2. The Morgan fingerprint density at radius 3 is 2.21 bits per heavy atom. The van der Waals surface area contributed by atoms with E-state index in [2.05, 4.69) is 12.1 Å². The van der Waals surface area contributed by atoms with Gasteiger partial charge in [-0.2, -0.15) is 0 Å². The SMILES string of the molecule is O=C(OCC1c2ccccc2-c2ccccc21)N1CC(C2CC2)C(F)(C(=O)O)C1. The summed E-state index contributed by atoms with van der Waals surface area (Å²) in [5.74, 6) is -2.17. The first-order chi connectivity index (χ1) is 14.0. The summed E-state index contributed by atoms with van der Waals surface area (Å²) < 4.78 is 20.7. The van der Waals surface area contributed by atoms with Crippen molar-refractivity contribution in [2.75, 3.05) is 19.7 Å². The number of ether oxygens (including phenoxy) is 1. The molecule has 0 spiro atoms. The van der Waals surface area contributed by atoms with Gasteiger partial charge in [0.2, 0.25) is 5.67 Å². The molecule has 29 heavy (non-hydrogen) atoms. The second-order valence-corrected chi connectivity index (χ2v) is 8.30. The lowest BCUT2D eigenvalue weighted by molar-refractivity contribution is -0.153. The van der Waals surface area contributed by atoms with Crippen LogP contribution < -0.4 is 0 Å². The maximum absolute atomic E-state index is 15.1. The molecule has 5 rings (SSSR count). The van der Waals surface area contributed by atoms with Gasteiger partial charge in [0, 0.05) is 18.4 Å². The van der Waals surface area contributed by atoms with Crippen molar-refractivity contribution in [1.82, 2.24) is 4.90 Å². The summed E-state index contributed by atoms with van der Waals surface area (Å²) in [6, 6.07) is 16.1. The van der Waals surface area contributed by atoms with E-state index >= 15 is 4.39 Å². The third-order valence-electron chi connectivity index (χ3n) is 6.57. The quantitative estimate of drug-likeness (QED) is 0.848. The fourth-order valence-corrected chi connectivity index (χ4v) is 4.91. The zero-order valence-corrected chi connectivity index (χ0v) is 15.9. The van der Waals surface area contributed by atoms with Crippen LogP contribution in [-0.2, 0) is 9.53 Å². The van der Waals surface area contributed by atoms with Crippen molar-refractivity contribution in [1.29, 1.82) is 0 Å². The fraction of sp³-hybridized carbons (Fsp3) is 0.391. The number of nitrogens with zero attached hydrogens (tertiary/aromatic N) is 1. The molecule has 1 amide bonds. The minimum Gasteiger partial charge on any atom is -0.479 e. The third-order valence-corrected chi connectivity index (χ3v) is 6.57. The van der Waals surface area contributed by atoms with Crippen molar-refractivity contribution in [3.05, 3.63) is 59.7 Å². The second kappa shape index (κ2) is 6.58. The van der Waals surface area contributed by atoms with E-state index in [-0.39, 0.29) is 25.0 Å². The number of benzene rings is 2. The molecule has 2 aromatic carbocycles. The Balaban J connectivity index is 1.32. The van der Waals surface area contributed by atoms with Crippen LogP contribution >= 0.6 is 0 Å². The van der Waals surface area contributed by atoms with Crippen LogP contribution in [-0.4, -0.2) is 47.4 Å². The number of aliphatic carboxylic acids is 1. The van der Waals surface area contributed by atoms with Crippen molar-refractivity contribution in [3.8, 4) is 11.1 Å². The summed E-state index contributed by atoms with van der Waals surface area (Å²) in [6.07, 6.45) is 1.00. The number of rotatable bonds is 4. The Bertz CT molecular complexity index is 943. The Labute approximate surface area is 168 Å². The minimum atomic E-state index is -2.38. The molecule has 150 valence electrons. The lowest BCUT2D eigenvalue weighted by Crippen LogP contribution is -2.43. The molecular weight excluding hydrogens is 373 g/mol. The molecule has 1 aliphatic heterocycles.